The van der Waals surface area contributed by atoms with Gasteiger partial charge in [0.05, 0.1) is 22.4 Å². The summed E-state index contributed by atoms with van der Waals surface area (Å²) in [6.07, 6.45) is 1.63. The number of aromatic nitrogens is 1. The SMILES string of the molecule is COc1ccc(S(=O)(=O)N2CCN(S(=O)(=O)c3ccc(C)c4ncccc34)CC2)cc1. The van der Waals surface area contributed by atoms with Crippen LogP contribution in [0.1, 0.15) is 5.56 Å². The van der Waals surface area contributed by atoms with Crippen LogP contribution in [0.15, 0.2) is 64.5 Å². The monoisotopic (exact) mass is 461 g/mol. The van der Waals surface area contributed by atoms with Crippen molar-refractivity contribution in [3.8, 4) is 5.75 Å². The second-order valence-corrected chi connectivity index (χ2v) is 11.1. The summed E-state index contributed by atoms with van der Waals surface area (Å²) < 4.78 is 60.2. The molecule has 0 unspecified atom stereocenters. The van der Waals surface area contributed by atoms with E-state index in [9.17, 15) is 16.8 Å². The molecule has 0 amide bonds. The number of pyridine rings is 1. The van der Waals surface area contributed by atoms with Crippen LogP contribution in [0, 0.1) is 6.92 Å². The van der Waals surface area contributed by atoms with Gasteiger partial charge in [-0.2, -0.15) is 8.61 Å². The number of nitrogens with zero attached hydrogens (tertiary/aromatic N) is 3. The van der Waals surface area contributed by atoms with Gasteiger partial charge in [-0.15, -0.1) is 0 Å². The molecule has 1 aliphatic rings. The van der Waals surface area contributed by atoms with E-state index in [1.165, 1.54) is 27.9 Å². The van der Waals surface area contributed by atoms with Crippen LogP contribution in [0.2, 0.25) is 0 Å². The molecule has 1 aromatic heterocycles. The van der Waals surface area contributed by atoms with Crippen molar-refractivity contribution in [2.24, 2.45) is 0 Å². The van der Waals surface area contributed by atoms with Crippen LogP contribution in [0.5, 0.6) is 5.75 Å². The van der Waals surface area contributed by atoms with Crippen molar-refractivity contribution in [3.05, 3.63) is 60.3 Å². The van der Waals surface area contributed by atoms with Gasteiger partial charge in [0.2, 0.25) is 20.0 Å². The van der Waals surface area contributed by atoms with Gasteiger partial charge in [-0.05, 0) is 55.0 Å². The van der Waals surface area contributed by atoms with Gasteiger partial charge in [-0.3, -0.25) is 4.98 Å². The molecule has 0 N–H and O–H groups in total. The largest absolute Gasteiger partial charge is 0.497 e. The number of hydrogen-bond acceptors (Lipinski definition) is 6. The van der Waals surface area contributed by atoms with Gasteiger partial charge >= 0.3 is 0 Å². The highest BCUT2D eigenvalue weighted by atomic mass is 32.2. The van der Waals surface area contributed by atoms with Gasteiger partial charge in [0, 0.05) is 37.8 Å². The normalized spacial score (nSPS) is 16.5. The van der Waals surface area contributed by atoms with Gasteiger partial charge < -0.3 is 4.74 Å². The van der Waals surface area contributed by atoms with Gasteiger partial charge in [-0.1, -0.05) is 6.07 Å². The molecule has 1 saturated heterocycles. The lowest BCUT2D eigenvalue weighted by molar-refractivity contribution is 0.273. The molecule has 1 aliphatic heterocycles. The number of ether oxygens (including phenoxy) is 1. The number of hydrogen-bond donors (Lipinski definition) is 0. The van der Waals surface area contributed by atoms with Gasteiger partial charge in [0.1, 0.15) is 5.75 Å². The van der Waals surface area contributed by atoms with Crippen molar-refractivity contribution in [3.63, 3.8) is 0 Å². The minimum Gasteiger partial charge on any atom is -0.497 e. The number of sulfonamides is 2. The number of aryl methyl sites for hydroxylation is 1. The molecule has 31 heavy (non-hydrogen) atoms. The second-order valence-electron chi connectivity index (χ2n) is 7.26. The van der Waals surface area contributed by atoms with Crippen molar-refractivity contribution in [1.29, 1.82) is 0 Å². The second kappa shape index (κ2) is 8.19. The standard InChI is InChI=1S/C21H23N3O5S2/c1-16-5-10-20(19-4-3-11-22-21(16)19)31(27,28)24-14-12-23(13-15-24)30(25,26)18-8-6-17(29-2)7-9-18/h3-11H,12-15H2,1-2H3. The van der Waals surface area contributed by atoms with E-state index in [0.29, 0.717) is 16.7 Å². The Labute approximate surface area is 182 Å². The Kier molecular flexibility index (Phi) is 5.73. The van der Waals surface area contributed by atoms with E-state index in [-0.39, 0.29) is 36.0 Å². The fourth-order valence-corrected chi connectivity index (χ4v) is 6.73. The predicted octanol–water partition coefficient (Wildman–Crippen LogP) is 2.25. The van der Waals surface area contributed by atoms with Crippen molar-refractivity contribution < 1.29 is 21.6 Å². The number of methoxy groups -OCH3 is 1. The maximum Gasteiger partial charge on any atom is 0.243 e. The van der Waals surface area contributed by atoms with Crippen molar-refractivity contribution in [2.45, 2.75) is 16.7 Å². The molecule has 4 rings (SSSR count). The van der Waals surface area contributed by atoms with E-state index in [1.54, 1.807) is 42.6 Å². The summed E-state index contributed by atoms with van der Waals surface area (Å²) in [6.45, 7) is 2.19. The molecule has 1 fully saturated rings. The van der Waals surface area contributed by atoms with Crippen LogP contribution in [0.4, 0.5) is 0 Å². The predicted molar refractivity (Wildman–Crippen MR) is 117 cm³/mol. The Balaban J connectivity index is 1.56. The van der Waals surface area contributed by atoms with Gasteiger partial charge in [-0.25, -0.2) is 16.8 Å². The summed E-state index contributed by atoms with van der Waals surface area (Å²) in [5, 5.41) is 0.566. The smallest absolute Gasteiger partial charge is 0.243 e. The molecule has 164 valence electrons. The Morgan fingerprint density at radius 2 is 1.45 bits per heavy atom. The lowest BCUT2D eigenvalue weighted by Gasteiger charge is -2.33. The molecule has 2 aromatic carbocycles. The molecular weight excluding hydrogens is 438 g/mol. The van der Waals surface area contributed by atoms with E-state index >= 15 is 0 Å². The third-order valence-corrected chi connectivity index (χ3v) is 9.31. The Hall–Kier alpha value is -2.53. The third kappa shape index (κ3) is 3.91. The number of benzene rings is 2. The van der Waals surface area contributed by atoms with Crippen LogP contribution in [-0.2, 0) is 20.0 Å². The van der Waals surface area contributed by atoms with Gasteiger partial charge in [0.25, 0.3) is 0 Å². The number of fused-ring (bicyclic) bond motifs is 1. The van der Waals surface area contributed by atoms with Crippen molar-refractivity contribution in [1.82, 2.24) is 13.6 Å². The van der Waals surface area contributed by atoms with Crippen LogP contribution in [0.25, 0.3) is 10.9 Å². The summed E-state index contributed by atoms with van der Waals surface area (Å²) in [5.41, 5.74) is 1.54. The summed E-state index contributed by atoms with van der Waals surface area (Å²) in [7, 11) is -6.00. The van der Waals surface area contributed by atoms with E-state index in [1.807, 2.05) is 6.92 Å². The molecular formula is C21H23N3O5S2. The van der Waals surface area contributed by atoms with Crippen LogP contribution in [0.3, 0.4) is 0 Å². The van der Waals surface area contributed by atoms with Crippen molar-refractivity contribution in [2.75, 3.05) is 33.3 Å². The molecule has 3 aromatic rings. The van der Waals surface area contributed by atoms with Crippen LogP contribution in [-0.4, -0.2) is 63.7 Å². The van der Waals surface area contributed by atoms with Crippen molar-refractivity contribution >= 4 is 30.9 Å². The zero-order valence-corrected chi connectivity index (χ0v) is 18.9. The number of piperazine rings is 1. The maximum absolute atomic E-state index is 13.3. The summed E-state index contributed by atoms with van der Waals surface area (Å²) in [6, 6.07) is 12.9. The minimum atomic E-state index is -3.79. The quantitative estimate of drug-likeness (QED) is 0.578. The zero-order chi connectivity index (χ0) is 22.2. The highest BCUT2D eigenvalue weighted by molar-refractivity contribution is 7.89. The number of rotatable bonds is 5. The Morgan fingerprint density at radius 1 is 0.839 bits per heavy atom. The summed E-state index contributed by atoms with van der Waals surface area (Å²) in [4.78, 5) is 4.65. The Bertz CT molecular complexity index is 1310. The molecule has 0 saturated carbocycles. The average molecular weight is 462 g/mol. The fraction of sp³-hybridized carbons (Fsp3) is 0.286. The van der Waals surface area contributed by atoms with E-state index < -0.39 is 20.0 Å². The molecule has 0 atom stereocenters. The molecule has 0 aliphatic carbocycles. The molecule has 10 heteroatoms. The molecule has 0 bridgehead atoms. The van der Waals surface area contributed by atoms with E-state index in [0.717, 1.165) is 5.56 Å². The van der Waals surface area contributed by atoms with E-state index in [4.69, 9.17) is 4.74 Å². The molecule has 2 heterocycles. The Morgan fingerprint density at radius 3 is 2.06 bits per heavy atom. The molecule has 0 spiro atoms. The molecule has 0 radical (unpaired) electrons. The van der Waals surface area contributed by atoms with Gasteiger partial charge in [0.15, 0.2) is 0 Å². The highest BCUT2D eigenvalue weighted by Crippen LogP contribution is 2.28. The zero-order valence-electron chi connectivity index (χ0n) is 17.2. The maximum atomic E-state index is 13.3. The fourth-order valence-electron chi connectivity index (χ4n) is 3.70. The summed E-state index contributed by atoms with van der Waals surface area (Å²) in [5.74, 6) is 0.565. The first-order chi connectivity index (χ1) is 14.7. The van der Waals surface area contributed by atoms with E-state index in [2.05, 4.69) is 4.98 Å². The average Bonchev–Trinajstić information content (AvgIpc) is 2.79. The topological polar surface area (TPSA) is 96.9 Å². The first-order valence-electron chi connectivity index (χ1n) is 9.74. The highest BCUT2D eigenvalue weighted by Gasteiger charge is 2.34. The molecule has 8 nitrogen and oxygen atoms in total. The minimum absolute atomic E-state index is 0.0767. The summed E-state index contributed by atoms with van der Waals surface area (Å²) >= 11 is 0. The lowest BCUT2D eigenvalue weighted by Crippen LogP contribution is -2.50. The van der Waals surface area contributed by atoms with Crippen LogP contribution >= 0.6 is 0 Å². The van der Waals surface area contributed by atoms with Crippen LogP contribution < -0.4 is 4.74 Å². The first kappa shape index (κ1) is 21.7. The first-order valence-corrected chi connectivity index (χ1v) is 12.6. The lowest BCUT2D eigenvalue weighted by atomic mass is 10.1. The third-order valence-electron chi connectivity index (χ3n) is 5.44.